The van der Waals surface area contributed by atoms with E-state index in [1.54, 1.807) is 13.8 Å². The molecule has 0 spiro atoms. The van der Waals surface area contributed by atoms with Crippen LogP contribution in [0.3, 0.4) is 0 Å². The van der Waals surface area contributed by atoms with Crippen molar-refractivity contribution >= 4 is 17.8 Å². The minimum Gasteiger partial charge on any atom is -0.463 e. The Hall–Kier alpha value is -2.62. The van der Waals surface area contributed by atoms with E-state index >= 15 is 0 Å². The number of alkyl halides is 3. The summed E-state index contributed by atoms with van der Waals surface area (Å²) in [7, 11) is 2.00. The van der Waals surface area contributed by atoms with Crippen LogP contribution in [-0.2, 0) is 20.5 Å². The zero-order chi connectivity index (χ0) is 25.6. The van der Waals surface area contributed by atoms with Gasteiger partial charge in [-0.2, -0.15) is 13.2 Å². The molecule has 1 saturated carbocycles. The first-order valence-corrected chi connectivity index (χ1v) is 11.5. The number of hydrogen-bond donors (Lipinski definition) is 2. The zero-order valence-electron chi connectivity index (χ0n) is 20.2. The number of ether oxygens (including phenoxy) is 1. The average molecular weight is 486 g/mol. The standard InChI is InChI=1S/C24H34F3N3O4/c1-14(2)30(5)18-9-10-20(19(12-18)23(33)34-15(3)4)29-21(31)13-28-22(32)16-7-6-8-17(11-16)24(25,26)27/h6-8,11,14-15,18-20H,9-10,12-13H2,1-5H3,(H,28,32)(H,29,31). The molecule has 0 bridgehead atoms. The van der Waals surface area contributed by atoms with E-state index in [9.17, 15) is 27.6 Å². The number of rotatable bonds is 8. The molecule has 3 unspecified atom stereocenters. The zero-order valence-corrected chi connectivity index (χ0v) is 20.2. The Morgan fingerprint density at radius 3 is 2.41 bits per heavy atom. The molecule has 10 heteroatoms. The van der Waals surface area contributed by atoms with E-state index in [0.717, 1.165) is 24.6 Å². The number of esters is 1. The lowest BCUT2D eigenvalue weighted by Crippen LogP contribution is -2.53. The molecule has 0 aromatic heterocycles. The minimum atomic E-state index is -4.57. The molecule has 2 rings (SSSR count). The Labute approximate surface area is 198 Å². The first-order chi connectivity index (χ1) is 15.8. The highest BCUT2D eigenvalue weighted by molar-refractivity contribution is 5.96. The molecule has 2 amide bonds. The summed E-state index contributed by atoms with van der Waals surface area (Å²) in [6.07, 6.45) is -3.00. The van der Waals surface area contributed by atoms with Crippen LogP contribution in [0.4, 0.5) is 13.2 Å². The summed E-state index contributed by atoms with van der Waals surface area (Å²) in [6, 6.07) is 3.98. The van der Waals surface area contributed by atoms with Crippen molar-refractivity contribution in [2.24, 2.45) is 5.92 Å². The van der Waals surface area contributed by atoms with Gasteiger partial charge in [0.1, 0.15) is 0 Å². The molecule has 2 N–H and O–H groups in total. The first kappa shape index (κ1) is 27.6. The van der Waals surface area contributed by atoms with Gasteiger partial charge in [0.05, 0.1) is 24.1 Å². The maximum atomic E-state index is 12.9. The van der Waals surface area contributed by atoms with Gasteiger partial charge in [0.25, 0.3) is 5.91 Å². The van der Waals surface area contributed by atoms with Gasteiger partial charge >= 0.3 is 12.1 Å². The van der Waals surface area contributed by atoms with Crippen LogP contribution in [0.25, 0.3) is 0 Å². The summed E-state index contributed by atoms with van der Waals surface area (Å²) in [4.78, 5) is 39.7. The largest absolute Gasteiger partial charge is 0.463 e. The summed E-state index contributed by atoms with van der Waals surface area (Å²) in [5.41, 5.74) is -1.14. The average Bonchev–Trinajstić information content (AvgIpc) is 2.76. The van der Waals surface area contributed by atoms with E-state index < -0.39 is 42.1 Å². The van der Waals surface area contributed by atoms with E-state index in [-0.39, 0.29) is 23.7 Å². The number of nitrogens with one attached hydrogen (secondary N) is 2. The first-order valence-electron chi connectivity index (χ1n) is 11.5. The van der Waals surface area contributed by atoms with Gasteiger partial charge in [-0.3, -0.25) is 14.4 Å². The summed E-state index contributed by atoms with van der Waals surface area (Å²) < 4.78 is 44.0. The van der Waals surface area contributed by atoms with Gasteiger partial charge in [-0.25, -0.2) is 0 Å². The van der Waals surface area contributed by atoms with Gasteiger partial charge in [0.15, 0.2) is 0 Å². The third-order valence-corrected chi connectivity index (χ3v) is 6.08. The Morgan fingerprint density at radius 2 is 1.82 bits per heavy atom. The molecule has 1 aliphatic carbocycles. The SMILES string of the molecule is CC(C)OC(=O)C1CC(N(C)C(C)C)CCC1NC(=O)CNC(=O)c1cccc(C(F)(F)F)c1. The van der Waals surface area contributed by atoms with Crippen molar-refractivity contribution in [3.8, 4) is 0 Å². The molecule has 190 valence electrons. The van der Waals surface area contributed by atoms with Crippen LogP contribution in [-0.4, -0.2) is 60.5 Å². The second-order valence-electron chi connectivity index (χ2n) is 9.25. The van der Waals surface area contributed by atoms with Gasteiger partial charge in [-0.15, -0.1) is 0 Å². The van der Waals surface area contributed by atoms with Crippen molar-refractivity contribution in [3.63, 3.8) is 0 Å². The summed E-state index contributed by atoms with van der Waals surface area (Å²) in [5, 5.41) is 5.14. The van der Waals surface area contributed by atoms with Crippen LogP contribution < -0.4 is 10.6 Å². The number of halogens is 3. The van der Waals surface area contributed by atoms with Gasteiger partial charge in [-0.1, -0.05) is 6.07 Å². The van der Waals surface area contributed by atoms with Crippen LogP contribution in [0.2, 0.25) is 0 Å². The molecule has 1 aliphatic rings. The van der Waals surface area contributed by atoms with Gasteiger partial charge in [0, 0.05) is 23.7 Å². The highest BCUT2D eigenvalue weighted by Crippen LogP contribution is 2.31. The second kappa shape index (κ2) is 11.7. The molecular weight excluding hydrogens is 451 g/mol. The van der Waals surface area contributed by atoms with E-state index in [1.807, 2.05) is 7.05 Å². The Balaban J connectivity index is 2.01. The van der Waals surface area contributed by atoms with Crippen LogP contribution in [0, 0.1) is 5.92 Å². The minimum absolute atomic E-state index is 0.165. The fourth-order valence-electron chi connectivity index (χ4n) is 4.05. The number of hydrogen-bond acceptors (Lipinski definition) is 5. The summed E-state index contributed by atoms with van der Waals surface area (Å²) >= 11 is 0. The lowest BCUT2D eigenvalue weighted by Gasteiger charge is -2.40. The highest BCUT2D eigenvalue weighted by atomic mass is 19.4. The molecule has 0 saturated heterocycles. The predicted octanol–water partition coefficient (Wildman–Crippen LogP) is 3.38. The van der Waals surface area contributed by atoms with E-state index in [1.165, 1.54) is 6.07 Å². The fraction of sp³-hybridized carbons (Fsp3) is 0.625. The fourth-order valence-corrected chi connectivity index (χ4v) is 4.05. The van der Waals surface area contributed by atoms with Gasteiger partial charge < -0.3 is 20.3 Å². The molecule has 7 nitrogen and oxygen atoms in total. The predicted molar refractivity (Wildman–Crippen MR) is 121 cm³/mol. The van der Waals surface area contributed by atoms with Crippen LogP contribution in [0.5, 0.6) is 0 Å². The van der Waals surface area contributed by atoms with Crippen molar-refractivity contribution in [2.75, 3.05) is 13.6 Å². The molecule has 3 atom stereocenters. The third-order valence-electron chi connectivity index (χ3n) is 6.08. The summed E-state index contributed by atoms with van der Waals surface area (Å²) in [6.45, 7) is 7.24. The second-order valence-corrected chi connectivity index (χ2v) is 9.25. The Bertz CT molecular complexity index is 873. The number of carbonyl (C=O) groups is 3. The maximum absolute atomic E-state index is 12.9. The van der Waals surface area contributed by atoms with E-state index in [2.05, 4.69) is 29.4 Å². The van der Waals surface area contributed by atoms with Crippen molar-refractivity contribution < 1.29 is 32.3 Å². The molecule has 1 fully saturated rings. The maximum Gasteiger partial charge on any atom is 0.416 e. The molecule has 0 aliphatic heterocycles. The number of amides is 2. The van der Waals surface area contributed by atoms with Crippen LogP contribution in [0.15, 0.2) is 24.3 Å². The van der Waals surface area contributed by atoms with Crippen molar-refractivity contribution in [1.29, 1.82) is 0 Å². The highest BCUT2D eigenvalue weighted by Gasteiger charge is 2.39. The molecule has 34 heavy (non-hydrogen) atoms. The van der Waals surface area contributed by atoms with E-state index in [4.69, 9.17) is 4.74 Å². The van der Waals surface area contributed by atoms with Crippen LogP contribution >= 0.6 is 0 Å². The summed E-state index contributed by atoms with van der Waals surface area (Å²) in [5.74, 6) is -2.23. The number of nitrogens with zero attached hydrogens (tertiary/aromatic N) is 1. The molecule has 1 aromatic carbocycles. The molecule has 0 radical (unpaired) electrons. The smallest absolute Gasteiger partial charge is 0.416 e. The normalized spacial score (nSPS) is 21.0. The molecular formula is C24H34F3N3O4. The van der Waals surface area contributed by atoms with Gasteiger partial charge in [-0.05, 0) is 72.2 Å². The van der Waals surface area contributed by atoms with Crippen molar-refractivity contribution in [3.05, 3.63) is 35.4 Å². The topological polar surface area (TPSA) is 87.7 Å². The van der Waals surface area contributed by atoms with Gasteiger partial charge in [0.2, 0.25) is 5.91 Å². The lowest BCUT2D eigenvalue weighted by atomic mass is 9.80. The van der Waals surface area contributed by atoms with E-state index in [0.29, 0.717) is 18.9 Å². The van der Waals surface area contributed by atoms with Crippen molar-refractivity contribution in [1.82, 2.24) is 15.5 Å². The van der Waals surface area contributed by atoms with Crippen LogP contribution in [0.1, 0.15) is 62.9 Å². The number of carbonyl (C=O) groups excluding carboxylic acids is 3. The quantitative estimate of drug-likeness (QED) is 0.552. The number of benzene rings is 1. The monoisotopic (exact) mass is 485 g/mol. The molecule has 1 aromatic rings. The Morgan fingerprint density at radius 1 is 1.15 bits per heavy atom. The Kier molecular flexibility index (Phi) is 9.49. The van der Waals surface area contributed by atoms with Crippen molar-refractivity contribution in [2.45, 2.75) is 77.4 Å². The molecule has 0 heterocycles. The lowest BCUT2D eigenvalue weighted by molar-refractivity contribution is -0.155. The third kappa shape index (κ3) is 7.72.